The number of rotatable bonds is 6. The number of carbonyl (C=O) groups excluding carboxylic acids is 1. The van der Waals surface area contributed by atoms with Gasteiger partial charge in [0.1, 0.15) is 0 Å². The molecule has 0 bridgehead atoms. The highest BCUT2D eigenvalue weighted by Crippen LogP contribution is 2.29. The molecule has 0 unspecified atom stereocenters. The molecule has 1 aromatic heterocycles. The van der Waals surface area contributed by atoms with E-state index in [2.05, 4.69) is 48.2 Å². The van der Waals surface area contributed by atoms with Crippen LogP contribution in [0.4, 0.5) is 0 Å². The van der Waals surface area contributed by atoms with E-state index in [0.29, 0.717) is 5.91 Å². The van der Waals surface area contributed by atoms with E-state index in [1.165, 1.54) is 21.7 Å². The summed E-state index contributed by atoms with van der Waals surface area (Å²) in [5.74, 6) is 0.630. The Labute approximate surface area is 136 Å². The van der Waals surface area contributed by atoms with Crippen molar-refractivity contribution in [3.8, 4) is 0 Å². The zero-order valence-electron chi connectivity index (χ0n) is 13.1. The van der Waals surface area contributed by atoms with E-state index >= 15 is 0 Å². The second kappa shape index (κ2) is 7.10. The summed E-state index contributed by atoms with van der Waals surface area (Å²) in [5.41, 5.74) is 1.30. The molecular formula is C19H23NOS. The summed E-state index contributed by atoms with van der Waals surface area (Å²) in [5, 5.41) is 0. The fraction of sp³-hybridized carbons (Fsp3) is 0.421. The molecule has 116 valence electrons. The lowest BCUT2D eigenvalue weighted by Crippen LogP contribution is -2.39. The highest BCUT2D eigenvalue weighted by molar-refractivity contribution is 7.11. The Hall–Kier alpha value is -1.61. The summed E-state index contributed by atoms with van der Waals surface area (Å²) in [7, 11) is 0. The Morgan fingerprint density at radius 1 is 1.18 bits per heavy atom. The molecule has 3 heteroatoms. The minimum absolute atomic E-state index is 0.275. The Balaban J connectivity index is 1.66. The molecule has 1 heterocycles. The van der Waals surface area contributed by atoms with Gasteiger partial charge in [-0.05, 0) is 43.9 Å². The van der Waals surface area contributed by atoms with Gasteiger partial charge in [-0.2, -0.15) is 0 Å². The summed E-state index contributed by atoms with van der Waals surface area (Å²) in [4.78, 5) is 17.4. The molecule has 1 amide bonds. The second-order valence-corrected chi connectivity index (χ2v) is 7.51. The average molecular weight is 313 g/mol. The lowest BCUT2D eigenvalue weighted by molar-refractivity contribution is -0.138. The highest BCUT2D eigenvalue weighted by Gasteiger charge is 2.29. The van der Waals surface area contributed by atoms with E-state index in [1.54, 1.807) is 11.3 Å². The van der Waals surface area contributed by atoms with E-state index in [9.17, 15) is 4.79 Å². The number of benzene rings is 1. The predicted molar refractivity (Wildman–Crippen MR) is 92.0 cm³/mol. The molecular weight excluding hydrogens is 290 g/mol. The van der Waals surface area contributed by atoms with E-state index in [4.69, 9.17) is 0 Å². The van der Waals surface area contributed by atoms with Crippen LogP contribution in [0.5, 0.6) is 0 Å². The number of amides is 1. The fourth-order valence-corrected chi connectivity index (χ4v) is 3.75. The predicted octanol–water partition coefficient (Wildman–Crippen LogP) is 4.43. The van der Waals surface area contributed by atoms with Crippen LogP contribution in [-0.2, 0) is 17.8 Å². The lowest BCUT2D eigenvalue weighted by Gasteiger charge is -2.31. The minimum Gasteiger partial charge on any atom is -0.337 e. The van der Waals surface area contributed by atoms with Gasteiger partial charge in [-0.3, -0.25) is 4.79 Å². The van der Waals surface area contributed by atoms with Crippen LogP contribution in [0.1, 0.15) is 34.6 Å². The topological polar surface area (TPSA) is 20.3 Å². The SMILES string of the molecule is Cc1ccc(CN(CCc2ccccc2)C(=O)C2CCC2)s1. The normalized spacial score (nSPS) is 14.6. The molecule has 1 saturated carbocycles. The number of hydrogen-bond acceptors (Lipinski definition) is 2. The van der Waals surface area contributed by atoms with Crippen molar-refractivity contribution >= 4 is 17.2 Å². The van der Waals surface area contributed by atoms with Crippen LogP contribution < -0.4 is 0 Å². The monoisotopic (exact) mass is 313 g/mol. The third-order valence-electron chi connectivity index (χ3n) is 4.42. The summed E-state index contributed by atoms with van der Waals surface area (Å²) in [6.07, 6.45) is 4.29. The van der Waals surface area contributed by atoms with E-state index in [-0.39, 0.29) is 5.92 Å². The summed E-state index contributed by atoms with van der Waals surface area (Å²) < 4.78 is 0. The van der Waals surface area contributed by atoms with Crippen molar-refractivity contribution < 1.29 is 4.79 Å². The van der Waals surface area contributed by atoms with E-state index in [1.807, 2.05) is 6.07 Å². The summed E-state index contributed by atoms with van der Waals surface area (Å²) in [6.45, 7) is 3.70. The molecule has 22 heavy (non-hydrogen) atoms. The van der Waals surface area contributed by atoms with Gasteiger partial charge in [-0.15, -0.1) is 11.3 Å². The van der Waals surface area contributed by atoms with Gasteiger partial charge < -0.3 is 4.90 Å². The fourth-order valence-electron chi connectivity index (χ4n) is 2.85. The zero-order valence-corrected chi connectivity index (χ0v) is 13.9. The molecule has 2 nitrogen and oxygen atoms in total. The van der Waals surface area contributed by atoms with Crippen LogP contribution in [0.15, 0.2) is 42.5 Å². The van der Waals surface area contributed by atoms with Gasteiger partial charge >= 0.3 is 0 Å². The third kappa shape index (κ3) is 3.77. The third-order valence-corrected chi connectivity index (χ3v) is 5.41. The maximum absolute atomic E-state index is 12.7. The molecule has 0 aliphatic heterocycles. The molecule has 1 fully saturated rings. The van der Waals surface area contributed by atoms with Gasteiger partial charge in [0, 0.05) is 22.2 Å². The first-order valence-electron chi connectivity index (χ1n) is 8.10. The first-order chi connectivity index (χ1) is 10.7. The first kappa shape index (κ1) is 15.3. The molecule has 3 rings (SSSR count). The van der Waals surface area contributed by atoms with Crippen LogP contribution in [0.25, 0.3) is 0 Å². The first-order valence-corrected chi connectivity index (χ1v) is 8.92. The Kier molecular flexibility index (Phi) is 4.94. The van der Waals surface area contributed by atoms with Crippen LogP contribution in [0.3, 0.4) is 0 Å². The maximum atomic E-state index is 12.7. The van der Waals surface area contributed by atoms with Gasteiger partial charge in [-0.1, -0.05) is 36.8 Å². The molecule has 0 spiro atoms. The summed E-state index contributed by atoms with van der Waals surface area (Å²) in [6, 6.07) is 14.7. The van der Waals surface area contributed by atoms with Gasteiger partial charge in [0.2, 0.25) is 5.91 Å². The molecule has 0 saturated heterocycles. The standard InChI is InChI=1S/C19H23NOS/c1-15-10-11-18(22-15)14-20(19(21)17-8-5-9-17)13-12-16-6-3-2-4-7-16/h2-4,6-7,10-11,17H,5,8-9,12-14H2,1H3. The molecule has 1 aromatic carbocycles. The molecule has 0 radical (unpaired) electrons. The second-order valence-electron chi connectivity index (χ2n) is 6.14. The highest BCUT2D eigenvalue weighted by atomic mass is 32.1. The average Bonchev–Trinajstić information content (AvgIpc) is 2.88. The molecule has 0 atom stereocenters. The number of hydrogen-bond donors (Lipinski definition) is 0. The van der Waals surface area contributed by atoms with Crippen molar-refractivity contribution in [3.05, 3.63) is 57.8 Å². The van der Waals surface area contributed by atoms with Gasteiger partial charge in [-0.25, -0.2) is 0 Å². The van der Waals surface area contributed by atoms with E-state index < -0.39 is 0 Å². The number of thiophene rings is 1. The van der Waals surface area contributed by atoms with Gasteiger partial charge in [0.05, 0.1) is 6.54 Å². The van der Waals surface area contributed by atoms with Crippen molar-refractivity contribution in [2.24, 2.45) is 5.92 Å². The van der Waals surface area contributed by atoms with Crippen LogP contribution in [0, 0.1) is 12.8 Å². The Morgan fingerprint density at radius 3 is 2.55 bits per heavy atom. The Morgan fingerprint density at radius 2 is 1.95 bits per heavy atom. The van der Waals surface area contributed by atoms with E-state index in [0.717, 1.165) is 32.4 Å². The Bertz CT molecular complexity index is 615. The quantitative estimate of drug-likeness (QED) is 0.772. The number of carbonyl (C=O) groups is 1. The van der Waals surface area contributed by atoms with Crippen molar-refractivity contribution in [2.45, 2.75) is 39.2 Å². The van der Waals surface area contributed by atoms with Crippen LogP contribution in [0.2, 0.25) is 0 Å². The van der Waals surface area contributed by atoms with Crippen LogP contribution in [-0.4, -0.2) is 17.4 Å². The molecule has 2 aromatic rings. The number of aryl methyl sites for hydroxylation is 1. The minimum atomic E-state index is 0.275. The zero-order chi connectivity index (χ0) is 15.4. The molecule has 1 aliphatic carbocycles. The number of nitrogens with zero attached hydrogens (tertiary/aromatic N) is 1. The maximum Gasteiger partial charge on any atom is 0.226 e. The van der Waals surface area contributed by atoms with Gasteiger partial charge in [0.15, 0.2) is 0 Å². The van der Waals surface area contributed by atoms with Crippen molar-refractivity contribution in [1.29, 1.82) is 0 Å². The smallest absolute Gasteiger partial charge is 0.226 e. The largest absolute Gasteiger partial charge is 0.337 e. The van der Waals surface area contributed by atoms with Crippen LogP contribution >= 0.6 is 11.3 Å². The lowest BCUT2D eigenvalue weighted by atomic mass is 9.84. The molecule has 1 aliphatic rings. The summed E-state index contributed by atoms with van der Waals surface area (Å²) >= 11 is 1.80. The van der Waals surface area contributed by atoms with Gasteiger partial charge in [0.25, 0.3) is 0 Å². The molecule has 0 N–H and O–H groups in total. The van der Waals surface area contributed by atoms with Crippen molar-refractivity contribution in [2.75, 3.05) is 6.54 Å². The van der Waals surface area contributed by atoms with Crippen molar-refractivity contribution in [1.82, 2.24) is 4.90 Å². The van der Waals surface area contributed by atoms with Crippen molar-refractivity contribution in [3.63, 3.8) is 0 Å².